The van der Waals surface area contributed by atoms with Crippen molar-refractivity contribution in [2.24, 2.45) is 5.41 Å². The van der Waals surface area contributed by atoms with Gasteiger partial charge in [0.2, 0.25) is 5.91 Å². The quantitative estimate of drug-likeness (QED) is 0.887. The zero-order valence-electron chi connectivity index (χ0n) is 11.4. The molecule has 2 fully saturated rings. The van der Waals surface area contributed by atoms with Gasteiger partial charge in [0.1, 0.15) is 0 Å². The maximum Gasteiger partial charge on any atom is 0.221 e. The lowest BCUT2D eigenvalue weighted by Crippen LogP contribution is -2.38. The van der Waals surface area contributed by atoms with E-state index in [0.717, 1.165) is 25.9 Å². The normalized spacial score (nSPS) is 34.5. The fraction of sp³-hybridized carbons (Fsp3) is 0.562. The Morgan fingerprint density at radius 1 is 1.37 bits per heavy atom. The molecule has 19 heavy (non-hydrogen) atoms. The minimum absolute atomic E-state index is 0.0529. The molecule has 3 nitrogen and oxygen atoms in total. The van der Waals surface area contributed by atoms with Gasteiger partial charge in [-0.1, -0.05) is 37.3 Å². The number of benzene rings is 1. The number of carbonyl (C=O) groups is 1. The molecule has 2 aliphatic heterocycles. The lowest BCUT2D eigenvalue weighted by atomic mass is 9.69. The van der Waals surface area contributed by atoms with Crippen molar-refractivity contribution in [3.8, 4) is 0 Å². The molecule has 2 saturated heterocycles. The van der Waals surface area contributed by atoms with Crippen LogP contribution in [0, 0.1) is 5.41 Å². The van der Waals surface area contributed by atoms with Gasteiger partial charge in [-0.25, -0.2) is 0 Å². The summed E-state index contributed by atoms with van der Waals surface area (Å²) in [5.41, 5.74) is 1.28. The highest BCUT2D eigenvalue weighted by Crippen LogP contribution is 2.50. The average Bonchev–Trinajstić information content (AvgIpc) is 2.76. The summed E-state index contributed by atoms with van der Waals surface area (Å²) in [7, 11) is 0. The average molecular weight is 259 g/mol. The molecule has 0 radical (unpaired) electrons. The van der Waals surface area contributed by atoms with Crippen LogP contribution in [-0.4, -0.2) is 18.6 Å². The predicted molar refractivity (Wildman–Crippen MR) is 73.6 cm³/mol. The van der Waals surface area contributed by atoms with Gasteiger partial charge in [-0.05, 0) is 24.8 Å². The van der Waals surface area contributed by atoms with Crippen LogP contribution in [0.3, 0.4) is 0 Å². The Kier molecular flexibility index (Phi) is 3.31. The lowest BCUT2D eigenvalue weighted by molar-refractivity contribution is -0.120. The Balaban J connectivity index is 1.91. The SMILES string of the molecule is CCC1CC2(CCO1)CC(=O)NC2c1ccccc1. The minimum atomic E-state index is 0.0529. The Bertz CT molecular complexity index is 459. The van der Waals surface area contributed by atoms with Crippen molar-refractivity contribution in [1.82, 2.24) is 5.32 Å². The van der Waals surface area contributed by atoms with Gasteiger partial charge in [0, 0.05) is 18.4 Å². The van der Waals surface area contributed by atoms with Crippen LogP contribution in [0.5, 0.6) is 0 Å². The Labute approximate surface area is 114 Å². The molecular weight excluding hydrogens is 238 g/mol. The fourth-order valence-electron chi connectivity index (χ4n) is 3.60. The van der Waals surface area contributed by atoms with Gasteiger partial charge in [-0.2, -0.15) is 0 Å². The molecule has 0 bridgehead atoms. The van der Waals surface area contributed by atoms with Crippen molar-refractivity contribution in [3.05, 3.63) is 35.9 Å². The third-order valence-electron chi connectivity index (χ3n) is 4.61. The third kappa shape index (κ3) is 2.27. The van der Waals surface area contributed by atoms with E-state index in [2.05, 4.69) is 24.4 Å². The second kappa shape index (κ2) is 4.97. The van der Waals surface area contributed by atoms with Gasteiger partial charge in [0.25, 0.3) is 0 Å². The zero-order chi connectivity index (χ0) is 13.3. The van der Waals surface area contributed by atoms with E-state index in [1.807, 2.05) is 18.2 Å². The molecule has 3 heteroatoms. The van der Waals surface area contributed by atoms with Crippen molar-refractivity contribution in [1.29, 1.82) is 0 Å². The Morgan fingerprint density at radius 3 is 2.89 bits per heavy atom. The van der Waals surface area contributed by atoms with Gasteiger partial charge < -0.3 is 10.1 Å². The standard InChI is InChI=1S/C16H21NO2/c1-2-13-10-16(8-9-19-13)11-14(18)17-15(16)12-6-4-3-5-7-12/h3-7,13,15H,2,8-11H2,1H3,(H,17,18). The van der Waals surface area contributed by atoms with E-state index in [4.69, 9.17) is 4.74 Å². The van der Waals surface area contributed by atoms with Crippen LogP contribution in [0.1, 0.15) is 44.2 Å². The molecule has 1 aromatic carbocycles. The zero-order valence-corrected chi connectivity index (χ0v) is 11.4. The van der Waals surface area contributed by atoms with Crippen molar-refractivity contribution < 1.29 is 9.53 Å². The molecule has 3 atom stereocenters. The van der Waals surface area contributed by atoms with E-state index in [1.54, 1.807) is 0 Å². The monoisotopic (exact) mass is 259 g/mol. The number of hydrogen-bond acceptors (Lipinski definition) is 2. The Hall–Kier alpha value is -1.35. The summed E-state index contributed by atoms with van der Waals surface area (Å²) in [5, 5.41) is 3.18. The number of nitrogens with one attached hydrogen (secondary N) is 1. The lowest BCUT2D eigenvalue weighted by Gasteiger charge is -2.41. The van der Waals surface area contributed by atoms with Crippen molar-refractivity contribution in [3.63, 3.8) is 0 Å². The van der Waals surface area contributed by atoms with E-state index in [-0.39, 0.29) is 17.4 Å². The minimum Gasteiger partial charge on any atom is -0.378 e. The molecule has 1 amide bonds. The number of amides is 1. The summed E-state index contributed by atoms with van der Waals surface area (Å²) in [4.78, 5) is 11.9. The van der Waals surface area contributed by atoms with Crippen molar-refractivity contribution >= 4 is 5.91 Å². The van der Waals surface area contributed by atoms with Crippen LogP contribution in [-0.2, 0) is 9.53 Å². The number of carbonyl (C=O) groups excluding carboxylic acids is 1. The molecule has 3 unspecified atom stereocenters. The van der Waals surface area contributed by atoms with E-state index >= 15 is 0 Å². The first-order valence-corrected chi connectivity index (χ1v) is 7.19. The van der Waals surface area contributed by atoms with Crippen LogP contribution in [0.2, 0.25) is 0 Å². The molecule has 2 heterocycles. The van der Waals surface area contributed by atoms with E-state index in [1.165, 1.54) is 5.56 Å². The molecule has 3 rings (SSSR count). The molecule has 0 aliphatic carbocycles. The summed E-state index contributed by atoms with van der Waals surface area (Å²) in [5.74, 6) is 0.186. The summed E-state index contributed by atoms with van der Waals surface area (Å²) in [6.45, 7) is 2.93. The van der Waals surface area contributed by atoms with Gasteiger partial charge >= 0.3 is 0 Å². The smallest absolute Gasteiger partial charge is 0.221 e. The number of rotatable bonds is 2. The van der Waals surface area contributed by atoms with Crippen molar-refractivity contribution in [2.45, 2.75) is 44.8 Å². The van der Waals surface area contributed by atoms with Gasteiger partial charge in [-0.3, -0.25) is 4.79 Å². The molecule has 0 saturated carbocycles. The molecule has 1 spiro atoms. The molecule has 102 valence electrons. The first kappa shape index (κ1) is 12.7. The summed E-state index contributed by atoms with van der Waals surface area (Å²) in [6, 6.07) is 10.5. The maximum atomic E-state index is 11.9. The van der Waals surface area contributed by atoms with Gasteiger partial charge in [0.15, 0.2) is 0 Å². The van der Waals surface area contributed by atoms with Crippen LogP contribution in [0.15, 0.2) is 30.3 Å². The van der Waals surface area contributed by atoms with Crippen molar-refractivity contribution in [2.75, 3.05) is 6.61 Å². The van der Waals surface area contributed by atoms with Crippen LogP contribution in [0.25, 0.3) is 0 Å². The summed E-state index contributed by atoms with van der Waals surface area (Å²) < 4.78 is 5.79. The number of hydrogen-bond donors (Lipinski definition) is 1. The van der Waals surface area contributed by atoms with E-state index in [9.17, 15) is 4.79 Å². The molecule has 1 aromatic rings. The van der Waals surface area contributed by atoms with Crippen LogP contribution >= 0.6 is 0 Å². The topological polar surface area (TPSA) is 38.3 Å². The van der Waals surface area contributed by atoms with E-state index in [0.29, 0.717) is 12.5 Å². The molecule has 1 N–H and O–H groups in total. The van der Waals surface area contributed by atoms with Crippen LogP contribution in [0.4, 0.5) is 0 Å². The van der Waals surface area contributed by atoms with E-state index < -0.39 is 0 Å². The third-order valence-corrected chi connectivity index (χ3v) is 4.61. The summed E-state index contributed by atoms with van der Waals surface area (Å²) >= 11 is 0. The second-order valence-electron chi connectivity index (χ2n) is 5.81. The highest BCUT2D eigenvalue weighted by molar-refractivity contribution is 5.80. The second-order valence-corrected chi connectivity index (χ2v) is 5.81. The highest BCUT2D eigenvalue weighted by Gasteiger charge is 2.49. The molecule has 0 aromatic heterocycles. The predicted octanol–water partition coefficient (Wildman–Crippen LogP) is 2.82. The first-order valence-electron chi connectivity index (χ1n) is 7.19. The molecule has 2 aliphatic rings. The van der Waals surface area contributed by atoms with Gasteiger partial charge in [-0.15, -0.1) is 0 Å². The highest BCUT2D eigenvalue weighted by atomic mass is 16.5. The first-order chi connectivity index (χ1) is 9.23. The largest absolute Gasteiger partial charge is 0.378 e. The van der Waals surface area contributed by atoms with Crippen LogP contribution < -0.4 is 5.32 Å². The summed E-state index contributed by atoms with van der Waals surface area (Å²) in [6.07, 6.45) is 3.93. The molecular formula is C16H21NO2. The van der Waals surface area contributed by atoms with Gasteiger partial charge in [0.05, 0.1) is 12.1 Å². The number of ether oxygens (including phenoxy) is 1. The fourth-order valence-corrected chi connectivity index (χ4v) is 3.60. The maximum absolute atomic E-state index is 11.9. The Morgan fingerprint density at radius 2 is 2.16 bits per heavy atom.